The highest BCUT2D eigenvalue weighted by Crippen LogP contribution is 2.22. The molecule has 1 aromatic carbocycles. The Hall–Kier alpha value is -1.28. The Bertz CT molecular complexity index is 408. The van der Waals surface area contributed by atoms with Gasteiger partial charge in [-0.05, 0) is 48.6 Å². The van der Waals surface area contributed by atoms with Crippen LogP contribution >= 0.6 is 0 Å². The molecule has 0 amide bonds. The summed E-state index contributed by atoms with van der Waals surface area (Å²) in [6.45, 7) is 7.36. The normalized spacial score (nSPS) is 16.8. The van der Waals surface area contributed by atoms with E-state index in [-0.39, 0.29) is 0 Å². The van der Waals surface area contributed by atoms with Crippen molar-refractivity contribution in [3.05, 3.63) is 35.9 Å². The van der Waals surface area contributed by atoms with E-state index >= 15 is 0 Å². The quantitative estimate of drug-likeness (QED) is 0.837. The molecule has 0 saturated carbocycles. The van der Waals surface area contributed by atoms with Crippen molar-refractivity contribution >= 4 is 5.57 Å². The van der Waals surface area contributed by atoms with Crippen molar-refractivity contribution < 1.29 is 4.74 Å². The van der Waals surface area contributed by atoms with Crippen LogP contribution in [0.3, 0.4) is 0 Å². The molecule has 1 N–H and O–H groups in total. The molecular weight excluding hydrogens is 234 g/mol. The Morgan fingerprint density at radius 2 is 2.05 bits per heavy atom. The van der Waals surface area contributed by atoms with Gasteiger partial charge in [0.15, 0.2) is 0 Å². The van der Waals surface area contributed by atoms with Crippen LogP contribution in [-0.4, -0.2) is 19.7 Å². The average Bonchev–Trinajstić information content (AvgIpc) is 2.47. The Labute approximate surface area is 116 Å². The van der Waals surface area contributed by atoms with E-state index in [0.717, 1.165) is 31.9 Å². The van der Waals surface area contributed by atoms with E-state index in [1.54, 1.807) is 0 Å². The minimum atomic E-state index is 0.636. The highest BCUT2D eigenvalue weighted by Gasteiger charge is 2.06. The zero-order chi connectivity index (χ0) is 13.5. The molecule has 104 valence electrons. The van der Waals surface area contributed by atoms with Gasteiger partial charge in [-0.15, -0.1) is 0 Å². The predicted molar refractivity (Wildman–Crippen MR) is 81.5 cm³/mol. The largest absolute Gasteiger partial charge is 0.493 e. The fourth-order valence-corrected chi connectivity index (χ4v) is 2.46. The van der Waals surface area contributed by atoms with E-state index in [1.807, 2.05) is 0 Å². The summed E-state index contributed by atoms with van der Waals surface area (Å²) < 4.78 is 5.83. The molecule has 0 aromatic heterocycles. The summed E-state index contributed by atoms with van der Waals surface area (Å²) in [6, 6.07) is 8.54. The zero-order valence-electron chi connectivity index (χ0n) is 12.1. The van der Waals surface area contributed by atoms with Crippen LogP contribution < -0.4 is 10.1 Å². The molecule has 0 spiro atoms. The van der Waals surface area contributed by atoms with Gasteiger partial charge in [-0.25, -0.2) is 0 Å². The van der Waals surface area contributed by atoms with Gasteiger partial charge < -0.3 is 10.1 Å². The average molecular weight is 259 g/mol. The highest BCUT2D eigenvalue weighted by molar-refractivity contribution is 5.67. The zero-order valence-corrected chi connectivity index (χ0v) is 12.1. The highest BCUT2D eigenvalue weighted by atomic mass is 16.5. The second-order valence-corrected chi connectivity index (χ2v) is 5.41. The van der Waals surface area contributed by atoms with Crippen LogP contribution in [0.1, 0.15) is 38.7 Å². The lowest BCUT2D eigenvalue weighted by Crippen LogP contribution is -2.19. The van der Waals surface area contributed by atoms with Crippen molar-refractivity contribution in [3.63, 3.8) is 0 Å². The molecule has 0 radical (unpaired) electrons. The summed E-state index contributed by atoms with van der Waals surface area (Å²) in [6.07, 6.45) is 5.86. The minimum absolute atomic E-state index is 0.636. The van der Waals surface area contributed by atoms with Crippen molar-refractivity contribution in [2.45, 2.75) is 33.1 Å². The Balaban J connectivity index is 1.89. The first-order valence-electron chi connectivity index (χ1n) is 7.42. The number of rotatable bonds is 6. The Morgan fingerprint density at radius 3 is 2.68 bits per heavy atom. The monoisotopic (exact) mass is 259 g/mol. The van der Waals surface area contributed by atoms with Crippen LogP contribution in [0.5, 0.6) is 5.75 Å². The number of nitrogens with one attached hydrogen (secondary N) is 1. The molecule has 2 rings (SSSR count). The molecule has 2 nitrogen and oxygen atoms in total. The third-order valence-electron chi connectivity index (χ3n) is 3.61. The molecule has 1 unspecified atom stereocenters. The van der Waals surface area contributed by atoms with Gasteiger partial charge in [0.25, 0.3) is 0 Å². The van der Waals surface area contributed by atoms with Crippen molar-refractivity contribution in [2.24, 2.45) is 5.92 Å². The smallest absolute Gasteiger partial charge is 0.119 e. The number of hydrogen-bond donors (Lipinski definition) is 1. The molecular formula is C17H25NO. The topological polar surface area (TPSA) is 21.3 Å². The van der Waals surface area contributed by atoms with Crippen LogP contribution in [0.25, 0.3) is 5.57 Å². The first kappa shape index (κ1) is 14.1. The van der Waals surface area contributed by atoms with Crippen LogP contribution in [0.4, 0.5) is 0 Å². The Morgan fingerprint density at radius 1 is 1.26 bits per heavy atom. The van der Waals surface area contributed by atoms with Gasteiger partial charge in [-0.1, -0.05) is 38.5 Å². The maximum absolute atomic E-state index is 5.83. The number of ether oxygens (including phenoxy) is 1. The van der Waals surface area contributed by atoms with E-state index < -0.39 is 0 Å². The molecule has 1 aromatic rings. The van der Waals surface area contributed by atoms with Crippen molar-refractivity contribution in [1.82, 2.24) is 5.32 Å². The summed E-state index contributed by atoms with van der Waals surface area (Å²) in [5.74, 6) is 1.62. The van der Waals surface area contributed by atoms with Crippen molar-refractivity contribution in [3.8, 4) is 5.75 Å². The molecule has 1 atom stereocenters. The number of hydrogen-bond acceptors (Lipinski definition) is 2. The lowest BCUT2D eigenvalue weighted by atomic mass is 10.0. The van der Waals surface area contributed by atoms with Gasteiger partial charge in [0.1, 0.15) is 5.75 Å². The van der Waals surface area contributed by atoms with Crippen LogP contribution in [-0.2, 0) is 0 Å². The molecule has 1 aliphatic heterocycles. The van der Waals surface area contributed by atoms with E-state index in [1.165, 1.54) is 24.0 Å². The standard InChI is InChI=1S/C17H25NO/c1-3-4-14(2)13-19-17-7-5-15(6-8-17)16-9-11-18-12-10-16/h5-9,14,18H,3-4,10-13H2,1-2H3. The summed E-state index contributed by atoms with van der Waals surface area (Å²) >= 11 is 0. The summed E-state index contributed by atoms with van der Waals surface area (Å²) in [5, 5.41) is 3.34. The third kappa shape index (κ3) is 4.39. The maximum Gasteiger partial charge on any atom is 0.119 e. The molecule has 0 aliphatic carbocycles. The van der Waals surface area contributed by atoms with Gasteiger partial charge in [-0.2, -0.15) is 0 Å². The lowest BCUT2D eigenvalue weighted by molar-refractivity contribution is 0.251. The fraction of sp³-hybridized carbons (Fsp3) is 0.529. The molecule has 0 saturated heterocycles. The van der Waals surface area contributed by atoms with Gasteiger partial charge in [-0.3, -0.25) is 0 Å². The van der Waals surface area contributed by atoms with Gasteiger partial charge in [0, 0.05) is 6.54 Å². The first-order chi connectivity index (χ1) is 9.29. The maximum atomic E-state index is 5.83. The SMILES string of the molecule is CCCC(C)COc1ccc(C2=CCNCC2)cc1. The minimum Gasteiger partial charge on any atom is -0.493 e. The van der Waals surface area contributed by atoms with E-state index in [4.69, 9.17) is 4.74 Å². The van der Waals surface area contributed by atoms with Gasteiger partial charge >= 0.3 is 0 Å². The van der Waals surface area contributed by atoms with Crippen LogP contribution in [0.15, 0.2) is 30.3 Å². The fourth-order valence-electron chi connectivity index (χ4n) is 2.46. The lowest BCUT2D eigenvalue weighted by Gasteiger charge is -2.15. The van der Waals surface area contributed by atoms with Gasteiger partial charge in [0.05, 0.1) is 6.61 Å². The number of benzene rings is 1. The van der Waals surface area contributed by atoms with Crippen LogP contribution in [0, 0.1) is 5.92 Å². The Kier molecular flexibility index (Phi) is 5.46. The molecule has 1 aliphatic rings. The van der Waals surface area contributed by atoms with Crippen molar-refractivity contribution in [2.75, 3.05) is 19.7 Å². The van der Waals surface area contributed by atoms with E-state index in [0.29, 0.717) is 5.92 Å². The second-order valence-electron chi connectivity index (χ2n) is 5.41. The summed E-state index contributed by atoms with van der Waals surface area (Å²) in [5.41, 5.74) is 2.78. The molecule has 1 heterocycles. The third-order valence-corrected chi connectivity index (χ3v) is 3.61. The van der Waals surface area contributed by atoms with Gasteiger partial charge in [0.2, 0.25) is 0 Å². The van der Waals surface area contributed by atoms with E-state index in [9.17, 15) is 0 Å². The molecule has 2 heteroatoms. The molecule has 0 fully saturated rings. The summed E-state index contributed by atoms with van der Waals surface area (Å²) in [4.78, 5) is 0. The predicted octanol–water partition coefficient (Wildman–Crippen LogP) is 3.88. The van der Waals surface area contributed by atoms with E-state index in [2.05, 4.69) is 49.5 Å². The molecule has 0 bridgehead atoms. The molecule has 19 heavy (non-hydrogen) atoms. The first-order valence-corrected chi connectivity index (χ1v) is 7.42. The summed E-state index contributed by atoms with van der Waals surface area (Å²) in [7, 11) is 0. The van der Waals surface area contributed by atoms with Crippen LogP contribution in [0.2, 0.25) is 0 Å². The second kappa shape index (κ2) is 7.34. The van der Waals surface area contributed by atoms with Crippen molar-refractivity contribution in [1.29, 1.82) is 0 Å².